The maximum atomic E-state index is 2.44. The van der Waals surface area contributed by atoms with Gasteiger partial charge in [0.2, 0.25) is 0 Å². The molecule has 0 aliphatic rings. The van der Waals surface area contributed by atoms with Crippen molar-refractivity contribution in [3.63, 3.8) is 0 Å². The highest BCUT2D eigenvalue weighted by Crippen LogP contribution is 2.44. The zero-order valence-corrected chi connectivity index (χ0v) is 22.9. The van der Waals surface area contributed by atoms with Gasteiger partial charge in [0.25, 0.3) is 0 Å². The van der Waals surface area contributed by atoms with Crippen molar-refractivity contribution in [3.05, 3.63) is 146 Å². The molecule has 10 aromatic carbocycles. The Hall–Kier alpha value is -5.46. The van der Waals surface area contributed by atoms with Gasteiger partial charge in [-0.15, -0.1) is 0 Å². The lowest BCUT2D eigenvalue weighted by Crippen LogP contribution is -1.89. The van der Waals surface area contributed by atoms with Gasteiger partial charge in [0, 0.05) is 0 Å². The molecular weight excluding hydrogens is 504 g/mol. The van der Waals surface area contributed by atoms with E-state index in [1.165, 1.54) is 97.0 Å². The Morgan fingerprint density at radius 2 is 0.548 bits per heavy atom. The molecule has 10 rings (SSSR count). The number of fused-ring (bicyclic) bond motifs is 14. The SMILES string of the molecule is c1ccc2cc3cc4c(cc3cc2c1)c1ccc2cc3ccccc3cc2c1c1ccc2cc3ccccc3cc2c41. The Bertz CT molecular complexity index is 2760. The lowest BCUT2D eigenvalue weighted by atomic mass is 9.86. The zero-order valence-electron chi connectivity index (χ0n) is 22.9. The topological polar surface area (TPSA) is 0 Å². The van der Waals surface area contributed by atoms with E-state index in [9.17, 15) is 0 Å². The smallest absolute Gasteiger partial charge is 0.00197 e. The van der Waals surface area contributed by atoms with Crippen molar-refractivity contribution in [1.29, 1.82) is 0 Å². The molecule has 10 aromatic rings. The van der Waals surface area contributed by atoms with Crippen molar-refractivity contribution in [2.75, 3.05) is 0 Å². The normalized spacial score (nSPS) is 12.3. The summed E-state index contributed by atoms with van der Waals surface area (Å²) in [6.07, 6.45) is 0. The summed E-state index contributed by atoms with van der Waals surface area (Å²) in [4.78, 5) is 0. The van der Waals surface area contributed by atoms with Crippen molar-refractivity contribution in [3.8, 4) is 0 Å². The highest BCUT2D eigenvalue weighted by atomic mass is 14.2. The zero-order chi connectivity index (χ0) is 27.4. The van der Waals surface area contributed by atoms with Crippen LogP contribution in [0, 0.1) is 0 Å². The average Bonchev–Trinajstić information content (AvgIpc) is 3.04. The predicted molar refractivity (Wildman–Crippen MR) is 184 cm³/mol. The average molecular weight is 529 g/mol. The van der Waals surface area contributed by atoms with Gasteiger partial charge < -0.3 is 0 Å². The molecule has 0 fully saturated rings. The summed E-state index contributed by atoms with van der Waals surface area (Å²) in [5.41, 5.74) is 0. The van der Waals surface area contributed by atoms with Gasteiger partial charge in [0.15, 0.2) is 0 Å². The van der Waals surface area contributed by atoms with Crippen LogP contribution in [0.3, 0.4) is 0 Å². The quantitative estimate of drug-likeness (QED) is 0.136. The number of hydrogen-bond donors (Lipinski definition) is 0. The van der Waals surface area contributed by atoms with Gasteiger partial charge in [-0.3, -0.25) is 0 Å². The molecule has 0 heteroatoms. The molecular formula is C42H24. The van der Waals surface area contributed by atoms with Crippen LogP contribution in [0.2, 0.25) is 0 Å². The lowest BCUT2D eigenvalue weighted by molar-refractivity contribution is 1.78. The van der Waals surface area contributed by atoms with Crippen LogP contribution in [0.25, 0.3) is 97.0 Å². The van der Waals surface area contributed by atoms with E-state index in [2.05, 4.69) is 146 Å². The summed E-state index contributed by atoms with van der Waals surface area (Å²) in [6.45, 7) is 0. The van der Waals surface area contributed by atoms with Gasteiger partial charge in [-0.1, -0.05) is 97.1 Å². The Labute approximate surface area is 242 Å². The highest BCUT2D eigenvalue weighted by Gasteiger charge is 2.16. The van der Waals surface area contributed by atoms with E-state index in [0.717, 1.165) is 0 Å². The van der Waals surface area contributed by atoms with Gasteiger partial charge in [-0.25, -0.2) is 0 Å². The number of benzene rings is 10. The molecule has 0 saturated heterocycles. The van der Waals surface area contributed by atoms with E-state index >= 15 is 0 Å². The van der Waals surface area contributed by atoms with Crippen LogP contribution in [-0.4, -0.2) is 0 Å². The van der Waals surface area contributed by atoms with Crippen LogP contribution in [0.5, 0.6) is 0 Å². The number of rotatable bonds is 0. The number of hydrogen-bond acceptors (Lipinski definition) is 0. The molecule has 0 nitrogen and oxygen atoms in total. The van der Waals surface area contributed by atoms with E-state index < -0.39 is 0 Å². The van der Waals surface area contributed by atoms with Crippen LogP contribution in [0.4, 0.5) is 0 Å². The minimum Gasteiger partial charge on any atom is -0.0616 e. The minimum absolute atomic E-state index is 1.28. The molecule has 0 heterocycles. The van der Waals surface area contributed by atoms with Crippen LogP contribution in [-0.2, 0) is 0 Å². The first-order valence-corrected chi connectivity index (χ1v) is 14.7. The summed E-state index contributed by atoms with van der Waals surface area (Å²) in [5.74, 6) is 0. The molecule has 0 bridgehead atoms. The van der Waals surface area contributed by atoms with Crippen LogP contribution in [0.15, 0.2) is 146 Å². The third-order valence-electron chi connectivity index (χ3n) is 9.44. The lowest BCUT2D eigenvalue weighted by Gasteiger charge is -2.17. The van der Waals surface area contributed by atoms with Crippen molar-refractivity contribution < 1.29 is 0 Å². The first-order valence-electron chi connectivity index (χ1n) is 14.7. The van der Waals surface area contributed by atoms with Crippen molar-refractivity contribution in [1.82, 2.24) is 0 Å². The van der Waals surface area contributed by atoms with Gasteiger partial charge in [-0.2, -0.15) is 0 Å². The van der Waals surface area contributed by atoms with Crippen molar-refractivity contribution in [2.45, 2.75) is 0 Å². The van der Waals surface area contributed by atoms with Crippen LogP contribution < -0.4 is 0 Å². The van der Waals surface area contributed by atoms with E-state index in [4.69, 9.17) is 0 Å². The van der Waals surface area contributed by atoms with E-state index in [0.29, 0.717) is 0 Å². The van der Waals surface area contributed by atoms with Gasteiger partial charge >= 0.3 is 0 Å². The predicted octanol–water partition coefficient (Wildman–Crippen LogP) is 12.1. The van der Waals surface area contributed by atoms with E-state index in [1.54, 1.807) is 0 Å². The monoisotopic (exact) mass is 528 g/mol. The molecule has 0 unspecified atom stereocenters. The first-order chi connectivity index (χ1) is 20.8. The Kier molecular flexibility index (Phi) is 4.27. The third-order valence-corrected chi connectivity index (χ3v) is 9.44. The highest BCUT2D eigenvalue weighted by molar-refractivity contribution is 6.37. The molecule has 0 spiro atoms. The van der Waals surface area contributed by atoms with Gasteiger partial charge in [0.1, 0.15) is 0 Å². The molecule has 0 saturated carbocycles. The van der Waals surface area contributed by atoms with Gasteiger partial charge in [-0.05, 0) is 145 Å². The van der Waals surface area contributed by atoms with Crippen molar-refractivity contribution in [2.24, 2.45) is 0 Å². The molecule has 0 atom stereocenters. The molecule has 0 N–H and O–H groups in total. The van der Waals surface area contributed by atoms with E-state index in [1.807, 2.05) is 0 Å². The maximum absolute atomic E-state index is 2.44. The fourth-order valence-electron chi connectivity index (χ4n) is 7.46. The standard InChI is InChI=1S/C42H24/c1-2-10-28-20-34-24-40-39(23-33(34)19-27(28)9-1)35-15-13-31-17-25-7-3-5-11-29(25)21-37(31)41(35)36-16-14-32-18-26-8-4-6-12-30(26)22-38(32)42(36)40/h1-24H. The third kappa shape index (κ3) is 3.01. The summed E-state index contributed by atoms with van der Waals surface area (Å²) in [6, 6.07) is 54.6. The molecule has 0 amide bonds. The van der Waals surface area contributed by atoms with E-state index in [-0.39, 0.29) is 0 Å². The maximum Gasteiger partial charge on any atom is -0.00197 e. The molecule has 0 radical (unpaired) electrons. The molecule has 192 valence electrons. The molecule has 42 heavy (non-hydrogen) atoms. The fourth-order valence-corrected chi connectivity index (χ4v) is 7.46. The summed E-state index contributed by atoms with van der Waals surface area (Å²) < 4.78 is 0. The Morgan fingerprint density at radius 1 is 0.190 bits per heavy atom. The molecule has 0 aliphatic heterocycles. The first kappa shape index (κ1) is 22.3. The second kappa shape index (κ2) is 8.06. The largest absolute Gasteiger partial charge is 0.0616 e. The Morgan fingerprint density at radius 3 is 1.05 bits per heavy atom. The second-order valence-electron chi connectivity index (χ2n) is 11.8. The van der Waals surface area contributed by atoms with Crippen molar-refractivity contribution >= 4 is 97.0 Å². The summed E-state index contributed by atoms with van der Waals surface area (Å²) in [7, 11) is 0. The summed E-state index contributed by atoms with van der Waals surface area (Å²) in [5, 5.41) is 23.4. The molecule has 0 aliphatic carbocycles. The van der Waals surface area contributed by atoms with Gasteiger partial charge in [0.05, 0.1) is 0 Å². The van der Waals surface area contributed by atoms with Crippen LogP contribution >= 0.6 is 0 Å². The van der Waals surface area contributed by atoms with Crippen LogP contribution in [0.1, 0.15) is 0 Å². The summed E-state index contributed by atoms with van der Waals surface area (Å²) >= 11 is 0. The second-order valence-corrected chi connectivity index (χ2v) is 11.8. The fraction of sp³-hybridized carbons (Fsp3) is 0. The molecule has 0 aromatic heterocycles. The minimum atomic E-state index is 1.28. The Balaban J connectivity index is 1.49.